The highest BCUT2D eigenvalue weighted by Crippen LogP contribution is 2.25. The molecule has 0 aliphatic carbocycles. The highest BCUT2D eigenvalue weighted by Gasteiger charge is 2.13. The summed E-state index contributed by atoms with van der Waals surface area (Å²) < 4.78 is 10.9. The number of carbonyl (C=O) groups is 1. The Bertz CT molecular complexity index is 1150. The highest BCUT2D eigenvalue weighted by molar-refractivity contribution is 6.10. The van der Waals surface area contributed by atoms with Crippen molar-refractivity contribution in [1.29, 1.82) is 0 Å². The number of hydrogen-bond acceptors (Lipinski definition) is 6. The van der Waals surface area contributed by atoms with Crippen molar-refractivity contribution in [3.63, 3.8) is 0 Å². The number of fused-ring (bicyclic) bond motifs is 1. The number of oxazole rings is 1. The average Bonchev–Trinajstić information content (AvgIpc) is 3.18. The molecule has 1 aromatic heterocycles. The van der Waals surface area contributed by atoms with Gasteiger partial charge >= 0.3 is 0 Å². The molecule has 0 radical (unpaired) electrons. The number of nitrogens with zero attached hydrogens (tertiary/aromatic N) is 2. The van der Waals surface area contributed by atoms with Crippen molar-refractivity contribution >= 4 is 28.4 Å². The van der Waals surface area contributed by atoms with E-state index in [9.17, 15) is 14.9 Å². The molecule has 3 aromatic carbocycles. The Morgan fingerprint density at radius 3 is 2.36 bits per heavy atom. The van der Waals surface area contributed by atoms with Gasteiger partial charge in [-0.25, -0.2) is 4.98 Å². The summed E-state index contributed by atoms with van der Waals surface area (Å²) in [6.07, 6.45) is 1.30. The molecular formula is C20H13N3O5. The number of rotatable bonds is 5. The van der Waals surface area contributed by atoms with Gasteiger partial charge in [-0.2, -0.15) is 0 Å². The summed E-state index contributed by atoms with van der Waals surface area (Å²) in [6, 6.07) is 17.7. The lowest BCUT2D eigenvalue weighted by molar-refractivity contribution is -0.384. The topological polar surface area (TPSA) is 108 Å². The van der Waals surface area contributed by atoms with Crippen molar-refractivity contribution in [2.45, 2.75) is 0 Å². The summed E-state index contributed by atoms with van der Waals surface area (Å²) in [5.41, 5.74) is 2.00. The zero-order chi connectivity index (χ0) is 19.5. The van der Waals surface area contributed by atoms with Gasteiger partial charge in [0.2, 0.25) is 0 Å². The fourth-order valence-electron chi connectivity index (χ4n) is 2.64. The predicted molar refractivity (Wildman–Crippen MR) is 102 cm³/mol. The fraction of sp³-hybridized carbons (Fsp3) is 0. The fourth-order valence-corrected chi connectivity index (χ4v) is 2.64. The number of ether oxygens (including phenoxy) is 1. The Balaban J connectivity index is 1.45. The molecule has 4 aromatic rings. The first-order chi connectivity index (χ1) is 13.6. The van der Waals surface area contributed by atoms with Gasteiger partial charge in [0.15, 0.2) is 12.0 Å². The van der Waals surface area contributed by atoms with Gasteiger partial charge in [-0.15, -0.1) is 0 Å². The van der Waals surface area contributed by atoms with Crippen LogP contribution in [0.1, 0.15) is 10.4 Å². The minimum atomic E-state index is -0.472. The minimum absolute atomic E-state index is 0.00723. The maximum Gasteiger partial charge on any atom is 0.269 e. The van der Waals surface area contributed by atoms with Crippen LogP contribution in [0.15, 0.2) is 77.5 Å². The van der Waals surface area contributed by atoms with Gasteiger partial charge in [0.05, 0.1) is 10.5 Å². The van der Waals surface area contributed by atoms with E-state index in [0.717, 1.165) is 0 Å². The SMILES string of the molecule is O=C(Nc1ccc(Oc2ccc([N+](=O)[O-])cc2)cc1)c1cccc2ncoc12. The molecule has 0 unspecified atom stereocenters. The van der Waals surface area contributed by atoms with E-state index in [1.165, 1.54) is 30.7 Å². The number of hydrogen-bond donors (Lipinski definition) is 1. The van der Waals surface area contributed by atoms with Crippen molar-refractivity contribution in [3.8, 4) is 11.5 Å². The maximum atomic E-state index is 12.5. The predicted octanol–water partition coefficient (Wildman–Crippen LogP) is 4.78. The second-order valence-corrected chi connectivity index (χ2v) is 5.84. The second-order valence-electron chi connectivity index (χ2n) is 5.84. The highest BCUT2D eigenvalue weighted by atomic mass is 16.6. The van der Waals surface area contributed by atoms with Crippen LogP contribution in [-0.2, 0) is 0 Å². The minimum Gasteiger partial charge on any atom is -0.457 e. The van der Waals surface area contributed by atoms with Gasteiger partial charge in [0.25, 0.3) is 11.6 Å². The van der Waals surface area contributed by atoms with Gasteiger partial charge in [0, 0.05) is 17.8 Å². The Labute approximate surface area is 158 Å². The van der Waals surface area contributed by atoms with E-state index >= 15 is 0 Å². The zero-order valence-corrected chi connectivity index (χ0v) is 14.4. The van der Waals surface area contributed by atoms with Crippen molar-refractivity contribution in [1.82, 2.24) is 4.98 Å². The molecule has 1 amide bonds. The molecule has 8 nitrogen and oxygen atoms in total. The number of nitro groups is 1. The summed E-state index contributed by atoms with van der Waals surface area (Å²) in [5.74, 6) is 0.690. The van der Waals surface area contributed by atoms with Gasteiger partial charge in [-0.05, 0) is 48.5 Å². The molecule has 1 heterocycles. The van der Waals surface area contributed by atoms with E-state index in [1.54, 1.807) is 42.5 Å². The van der Waals surface area contributed by atoms with Crippen LogP contribution in [0, 0.1) is 10.1 Å². The zero-order valence-electron chi connectivity index (χ0n) is 14.4. The van der Waals surface area contributed by atoms with Crippen molar-refractivity contribution in [3.05, 3.63) is 88.8 Å². The van der Waals surface area contributed by atoms with E-state index < -0.39 is 4.92 Å². The molecule has 0 saturated carbocycles. The van der Waals surface area contributed by atoms with Crippen molar-refractivity contribution in [2.24, 2.45) is 0 Å². The first-order valence-corrected chi connectivity index (χ1v) is 8.26. The number of aromatic nitrogens is 1. The molecule has 0 bridgehead atoms. The number of nitro benzene ring substituents is 1. The van der Waals surface area contributed by atoms with Gasteiger partial charge in [0.1, 0.15) is 17.0 Å². The molecule has 28 heavy (non-hydrogen) atoms. The number of carbonyl (C=O) groups excluding carboxylic acids is 1. The number of nitrogens with one attached hydrogen (secondary N) is 1. The molecule has 0 aliphatic rings. The molecule has 4 rings (SSSR count). The summed E-state index contributed by atoms with van der Waals surface area (Å²) in [5, 5.41) is 13.5. The van der Waals surface area contributed by atoms with Gasteiger partial charge in [-0.1, -0.05) is 6.07 Å². The molecule has 138 valence electrons. The van der Waals surface area contributed by atoms with Crippen molar-refractivity contribution in [2.75, 3.05) is 5.32 Å². The molecule has 0 aliphatic heterocycles. The molecule has 0 spiro atoms. The summed E-state index contributed by atoms with van der Waals surface area (Å²) in [7, 11) is 0. The standard InChI is InChI=1S/C20H13N3O5/c24-20(17-2-1-3-18-19(17)27-12-21-18)22-13-4-8-15(9-5-13)28-16-10-6-14(7-11-16)23(25)26/h1-12H,(H,22,24). The van der Waals surface area contributed by atoms with E-state index in [4.69, 9.17) is 9.15 Å². The second kappa shape index (κ2) is 7.20. The van der Waals surface area contributed by atoms with Crippen LogP contribution in [0.3, 0.4) is 0 Å². The van der Waals surface area contributed by atoms with Crippen LogP contribution >= 0.6 is 0 Å². The Kier molecular flexibility index (Phi) is 4.43. The molecule has 1 N–H and O–H groups in total. The van der Waals surface area contributed by atoms with Crippen LogP contribution in [0.5, 0.6) is 11.5 Å². The Hall–Kier alpha value is -4.20. The Morgan fingerprint density at radius 1 is 1.00 bits per heavy atom. The summed E-state index contributed by atoms with van der Waals surface area (Å²) in [4.78, 5) is 26.7. The van der Waals surface area contributed by atoms with Crippen LogP contribution in [0.4, 0.5) is 11.4 Å². The average molecular weight is 375 g/mol. The largest absolute Gasteiger partial charge is 0.457 e. The van der Waals surface area contributed by atoms with E-state index in [0.29, 0.717) is 33.8 Å². The maximum absolute atomic E-state index is 12.5. The lowest BCUT2D eigenvalue weighted by atomic mass is 10.2. The number of amides is 1. The molecule has 8 heteroatoms. The first kappa shape index (κ1) is 17.2. The summed E-state index contributed by atoms with van der Waals surface area (Å²) in [6.45, 7) is 0. The van der Waals surface area contributed by atoms with Gasteiger partial charge < -0.3 is 14.5 Å². The van der Waals surface area contributed by atoms with Crippen LogP contribution in [0.2, 0.25) is 0 Å². The number of non-ortho nitro benzene ring substituents is 1. The lowest BCUT2D eigenvalue weighted by Gasteiger charge is -2.08. The van der Waals surface area contributed by atoms with E-state index in [-0.39, 0.29) is 11.6 Å². The van der Waals surface area contributed by atoms with Crippen LogP contribution < -0.4 is 10.1 Å². The third-order valence-corrected chi connectivity index (χ3v) is 4.00. The van der Waals surface area contributed by atoms with Crippen molar-refractivity contribution < 1.29 is 18.9 Å². The molecular weight excluding hydrogens is 362 g/mol. The lowest BCUT2D eigenvalue weighted by Crippen LogP contribution is -2.12. The number of para-hydroxylation sites is 1. The number of benzene rings is 3. The quantitative estimate of drug-likeness (QED) is 0.397. The normalized spacial score (nSPS) is 10.6. The van der Waals surface area contributed by atoms with E-state index in [1.807, 2.05) is 0 Å². The monoisotopic (exact) mass is 375 g/mol. The number of anilines is 1. The third-order valence-electron chi connectivity index (χ3n) is 4.00. The third kappa shape index (κ3) is 3.51. The summed E-state index contributed by atoms with van der Waals surface area (Å²) >= 11 is 0. The molecule has 0 fully saturated rings. The van der Waals surface area contributed by atoms with E-state index in [2.05, 4.69) is 10.3 Å². The van der Waals surface area contributed by atoms with Gasteiger partial charge in [-0.3, -0.25) is 14.9 Å². The van der Waals surface area contributed by atoms with Crippen LogP contribution in [-0.4, -0.2) is 15.8 Å². The molecule has 0 saturated heterocycles. The first-order valence-electron chi connectivity index (χ1n) is 8.26. The smallest absolute Gasteiger partial charge is 0.269 e. The Morgan fingerprint density at radius 2 is 1.68 bits per heavy atom. The van der Waals surface area contributed by atoms with Crippen LogP contribution in [0.25, 0.3) is 11.1 Å². The molecule has 0 atom stereocenters.